The molecule has 0 bridgehead atoms. The van der Waals surface area contributed by atoms with Crippen molar-refractivity contribution >= 4 is 5.84 Å². The summed E-state index contributed by atoms with van der Waals surface area (Å²) >= 11 is 0. The average molecular weight is 177 g/mol. The van der Waals surface area contributed by atoms with Crippen molar-refractivity contribution in [3.8, 4) is 6.19 Å². The lowest BCUT2D eigenvalue weighted by Crippen LogP contribution is -2.21. The van der Waals surface area contributed by atoms with Crippen LogP contribution in [0.25, 0.3) is 0 Å². The quantitative estimate of drug-likeness (QED) is 0.529. The molecule has 70 valence electrons. The maximum absolute atomic E-state index is 8.41. The summed E-state index contributed by atoms with van der Waals surface area (Å²) in [6.45, 7) is 2.18. The van der Waals surface area contributed by atoms with Gasteiger partial charge in [0.2, 0.25) is 0 Å². The number of unbranched alkanes of at least 4 members (excludes halogenated alkanes) is 1. The van der Waals surface area contributed by atoms with Crippen LogP contribution in [-0.2, 0) is 0 Å². The van der Waals surface area contributed by atoms with Crippen molar-refractivity contribution in [1.82, 2.24) is 5.32 Å². The molecule has 0 saturated heterocycles. The second-order valence-electron chi connectivity index (χ2n) is 3.19. The fourth-order valence-electron chi connectivity index (χ4n) is 1.38. The lowest BCUT2D eigenvalue weighted by Gasteiger charge is -2.14. The van der Waals surface area contributed by atoms with Crippen molar-refractivity contribution in [2.45, 2.75) is 38.6 Å². The molecular weight excluding hydrogens is 162 g/mol. The van der Waals surface area contributed by atoms with E-state index in [0.29, 0.717) is 11.9 Å². The monoisotopic (exact) mass is 177 g/mol. The molecule has 0 aromatic carbocycles. The smallest absolute Gasteiger partial charge is 0.182 e. The van der Waals surface area contributed by atoms with Crippen LogP contribution in [-0.4, -0.2) is 11.9 Å². The molecule has 1 atom stereocenters. The van der Waals surface area contributed by atoms with Gasteiger partial charge in [-0.1, -0.05) is 25.8 Å². The maximum atomic E-state index is 8.41. The Kier molecular flexibility index (Phi) is 4.04. The molecule has 13 heavy (non-hydrogen) atoms. The summed E-state index contributed by atoms with van der Waals surface area (Å²) in [5.74, 6) is 0.704. The first-order valence-electron chi connectivity index (χ1n) is 4.76. The van der Waals surface area contributed by atoms with Crippen LogP contribution in [0.3, 0.4) is 0 Å². The van der Waals surface area contributed by atoms with Crippen LogP contribution in [0.1, 0.15) is 32.6 Å². The minimum atomic E-state index is 0.376. The number of aliphatic imine (C=N–C) groups is 1. The molecule has 0 unspecified atom stereocenters. The Morgan fingerprint density at radius 2 is 2.62 bits per heavy atom. The zero-order chi connectivity index (χ0) is 9.52. The Morgan fingerprint density at radius 3 is 3.31 bits per heavy atom. The summed E-state index contributed by atoms with van der Waals surface area (Å²) in [6, 6.07) is 0.376. The predicted octanol–water partition coefficient (Wildman–Crippen LogP) is 1.97. The van der Waals surface area contributed by atoms with E-state index < -0.39 is 0 Å². The molecule has 1 heterocycles. The molecule has 0 aromatic heterocycles. The van der Waals surface area contributed by atoms with Gasteiger partial charge in [0.05, 0.1) is 6.04 Å². The van der Waals surface area contributed by atoms with Crippen molar-refractivity contribution in [2.75, 3.05) is 0 Å². The molecule has 0 saturated carbocycles. The molecule has 1 rings (SSSR count). The topological polar surface area (TPSA) is 48.2 Å². The van der Waals surface area contributed by atoms with Gasteiger partial charge in [-0.3, -0.25) is 10.3 Å². The molecule has 3 heteroatoms. The Labute approximate surface area is 79.2 Å². The number of hydrogen-bond acceptors (Lipinski definition) is 3. The van der Waals surface area contributed by atoms with E-state index in [2.05, 4.69) is 23.3 Å². The molecule has 3 nitrogen and oxygen atoms in total. The number of amidine groups is 1. The van der Waals surface area contributed by atoms with Crippen molar-refractivity contribution in [2.24, 2.45) is 4.99 Å². The van der Waals surface area contributed by atoms with Gasteiger partial charge < -0.3 is 0 Å². The summed E-state index contributed by atoms with van der Waals surface area (Å²) in [4.78, 5) is 4.41. The van der Waals surface area contributed by atoms with Gasteiger partial charge in [-0.05, 0) is 18.9 Å². The van der Waals surface area contributed by atoms with Gasteiger partial charge in [-0.25, -0.2) is 0 Å². The minimum Gasteiger partial charge on any atom is -0.277 e. The van der Waals surface area contributed by atoms with E-state index in [1.54, 1.807) is 0 Å². The highest BCUT2D eigenvalue weighted by Gasteiger charge is 2.09. The van der Waals surface area contributed by atoms with Crippen LogP contribution >= 0.6 is 0 Å². The highest BCUT2D eigenvalue weighted by atomic mass is 15.0. The van der Waals surface area contributed by atoms with Crippen LogP contribution in [0.5, 0.6) is 0 Å². The Bertz CT molecular complexity index is 247. The van der Waals surface area contributed by atoms with E-state index in [-0.39, 0.29) is 0 Å². The molecule has 1 aliphatic rings. The van der Waals surface area contributed by atoms with Gasteiger partial charge in [0.15, 0.2) is 6.19 Å². The van der Waals surface area contributed by atoms with E-state index in [1.807, 2.05) is 12.3 Å². The molecule has 0 spiro atoms. The van der Waals surface area contributed by atoms with Gasteiger partial charge in [0, 0.05) is 0 Å². The van der Waals surface area contributed by atoms with Gasteiger partial charge in [0.25, 0.3) is 0 Å². The minimum absolute atomic E-state index is 0.376. The Balaban J connectivity index is 2.42. The number of nitrogens with zero attached hydrogens (tertiary/aromatic N) is 2. The molecule has 0 aromatic rings. The summed E-state index contributed by atoms with van der Waals surface area (Å²) in [5.41, 5.74) is 0. The molecule has 0 fully saturated rings. The molecular formula is C10H15N3. The third-order valence-corrected chi connectivity index (χ3v) is 2.08. The first kappa shape index (κ1) is 9.79. The zero-order valence-electron chi connectivity index (χ0n) is 7.95. The SMILES string of the molecule is CCCC[C@H]1CC=CC(NC#N)=N1. The third-order valence-electron chi connectivity index (χ3n) is 2.08. The van der Waals surface area contributed by atoms with E-state index in [9.17, 15) is 0 Å². The molecule has 0 radical (unpaired) electrons. The van der Waals surface area contributed by atoms with Crippen molar-refractivity contribution in [3.63, 3.8) is 0 Å². The summed E-state index contributed by atoms with van der Waals surface area (Å²) < 4.78 is 0. The standard InChI is InChI=1S/C10H15N3/c1-2-3-5-9-6-4-7-10(13-9)12-8-11/h4,7,9H,2-3,5-6H2,1H3,(H,12,13)/t9-/m0/s1. The summed E-state index contributed by atoms with van der Waals surface area (Å²) in [5, 5.41) is 11.0. The number of hydrogen-bond donors (Lipinski definition) is 1. The molecule has 1 N–H and O–H groups in total. The van der Waals surface area contributed by atoms with Crippen LogP contribution < -0.4 is 5.32 Å². The number of nitrogens with one attached hydrogen (secondary N) is 1. The maximum Gasteiger partial charge on any atom is 0.182 e. The van der Waals surface area contributed by atoms with Gasteiger partial charge in [-0.2, -0.15) is 5.26 Å². The van der Waals surface area contributed by atoms with Crippen LogP contribution in [0.2, 0.25) is 0 Å². The van der Waals surface area contributed by atoms with Crippen molar-refractivity contribution in [1.29, 1.82) is 5.26 Å². The zero-order valence-corrected chi connectivity index (χ0v) is 7.95. The fraction of sp³-hybridized carbons (Fsp3) is 0.600. The lowest BCUT2D eigenvalue weighted by molar-refractivity contribution is 0.579. The second-order valence-corrected chi connectivity index (χ2v) is 3.19. The fourth-order valence-corrected chi connectivity index (χ4v) is 1.38. The average Bonchev–Trinajstić information content (AvgIpc) is 2.16. The molecule has 0 amide bonds. The van der Waals surface area contributed by atoms with Gasteiger partial charge >= 0.3 is 0 Å². The van der Waals surface area contributed by atoms with E-state index >= 15 is 0 Å². The predicted molar refractivity (Wildman–Crippen MR) is 53.3 cm³/mol. The number of rotatable bonds is 3. The van der Waals surface area contributed by atoms with Crippen molar-refractivity contribution in [3.05, 3.63) is 12.2 Å². The van der Waals surface area contributed by atoms with Crippen LogP contribution in [0, 0.1) is 11.5 Å². The lowest BCUT2D eigenvalue weighted by atomic mass is 10.1. The van der Waals surface area contributed by atoms with Crippen LogP contribution in [0.15, 0.2) is 17.1 Å². The number of nitriles is 1. The first-order chi connectivity index (χ1) is 6.36. The second kappa shape index (κ2) is 5.36. The largest absolute Gasteiger partial charge is 0.277 e. The highest BCUT2D eigenvalue weighted by molar-refractivity contribution is 5.94. The summed E-state index contributed by atoms with van der Waals surface area (Å²) in [6.07, 6.45) is 10.4. The van der Waals surface area contributed by atoms with E-state index in [1.165, 1.54) is 12.8 Å². The van der Waals surface area contributed by atoms with Gasteiger partial charge in [-0.15, -0.1) is 0 Å². The molecule has 0 aliphatic carbocycles. The first-order valence-corrected chi connectivity index (χ1v) is 4.76. The normalized spacial score (nSPS) is 20.6. The number of dihydropyridines is 1. The van der Waals surface area contributed by atoms with E-state index in [4.69, 9.17) is 5.26 Å². The van der Waals surface area contributed by atoms with Crippen LogP contribution in [0.4, 0.5) is 0 Å². The van der Waals surface area contributed by atoms with E-state index in [0.717, 1.165) is 12.8 Å². The Hall–Kier alpha value is -1.30. The van der Waals surface area contributed by atoms with Crippen molar-refractivity contribution < 1.29 is 0 Å². The summed E-state index contributed by atoms with van der Waals surface area (Å²) in [7, 11) is 0. The molecule has 1 aliphatic heterocycles. The third kappa shape index (κ3) is 3.29. The van der Waals surface area contributed by atoms with Gasteiger partial charge in [0.1, 0.15) is 5.84 Å². The highest BCUT2D eigenvalue weighted by Crippen LogP contribution is 2.12. The Morgan fingerprint density at radius 1 is 1.77 bits per heavy atom.